The van der Waals surface area contributed by atoms with Crippen LogP contribution < -0.4 is 0 Å². The van der Waals surface area contributed by atoms with Crippen molar-refractivity contribution in [1.29, 1.82) is 0 Å². The number of hydrogen-bond acceptors (Lipinski definition) is 4. The molecule has 0 aromatic heterocycles. The fourth-order valence-electron chi connectivity index (χ4n) is 2.36. The molecule has 6 nitrogen and oxygen atoms in total. The number of carbonyl (C=O) groups is 2. The van der Waals surface area contributed by atoms with Crippen LogP contribution in [0.1, 0.15) is 17.3 Å². The number of nitrogens with zero attached hydrogens (tertiary/aromatic N) is 2. The number of sulfone groups is 1. The van der Waals surface area contributed by atoms with Crippen LogP contribution in [0.3, 0.4) is 0 Å². The summed E-state index contributed by atoms with van der Waals surface area (Å²) < 4.78 is 23.5. The molecule has 1 aromatic rings. The normalized spacial score (nSPS) is 15.9. The molecule has 1 aromatic carbocycles. The molecular weight excluding hydrogens is 292 g/mol. The lowest BCUT2D eigenvalue weighted by atomic mass is 10.2. The molecule has 0 saturated carbocycles. The molecule has 0 atom stereocenters. The van der Waals surface area contributed by atoms with Gasteiger partial charge in [0.1, 0.15) is 0 Å². The molecule has 2 amide bonds. The van der Waals surface area contributed by atoms with E-state index < -0.39 is 9.84 Å². The second kappa shape index (κ2) is 5.85. The molecular formula is C14H18N2O4S. The minimum Gasteiger partial charge on any atom is -0.339 e. The highest BCUT2D eigenvalue weighted by atomic mass is 32.2. The monoisotopic (exact) mass is 310 g/mol. The van der Waals surface area contributed by atoms with Gasteiger partial charge in [-0.2, -0.15) is 0 Å². The van der Waals surface area contributed by atoms with Gasteiger partial charge in [0.15, 0.2) is 9.84 Å². The second-order valence-corrected chi connectivity index (χ2v) is 7.05. The van der Waals surface area contributed by atoms with Crippen LogP contribution in [0.25, 0.3) is 0 Å². The molecule has 1 heterocycles. The van der Waals surface area contributed by atoms with E-state index in [0.29, 0.717) is 26.2 Å². The SMILES string of the molecule is CC(=O)N1CCN(C(=O)c2ccccc2S(C)(=O)=O)CC1. The van der Waals surface area contributed by atoms with Crippen LogP contribution in [0.4, 0.5) is 0 Å². The summed E-state index contributed by atoms with van der Waals surface area (Å²) in [5.74, 6) is -0.321. The summed E-state index contributed by atoms with van der Waals surface area (Å²) in [7, 11) is -3.45. The average Bonchev–Trinajstić information content (AvgIpc) is 2.45. The first kappa shape index (κ1) is 15.5. The number of carbonyl (C=O) groups excluding carboxylic acids is 2. The highest BCUT2D eigenvalue weighted by molar-refractivity contribution is 7.90. The summed E-state index contributed by atoms with van der Waals surface area (Å²) in [6, 6.07) is 6.21. The smallest absolute Gasteiger partial charge is 0.255 e. The number of piperazine rings is 1. The third-order valence-corrected chi connectivity index (χ3v) is 4.68. The van der Waals surface area contributed by atoms with Crippen molar-refractivity contribution >= 4 is 21.7 Å². The number of hydrogen-bond donors (Lipinski definition) is 0. The molecule has 0 spiro atoms. The number of benzene rings is 1. The molecule has 1 aliphatic rings. The lowest BCUT2D eigenvalue weighted by Gasteiger charge is -2.34. The van der Waals surface area contributed by atoms with E-state index in [9.17, 15) is 18.0 Å². The fourth-order valence-corrected chi connectivity index (χ4v) is 3.24. The van der Waals surface area contributed by atoms with Gasteiger partial charge >= 0.3 is 0 Å². The molecule has 0 unspecified atom stereocenters. The first-order valence-corrected chi connectivity index (χ1v) is 8.53. The summed E-state index contributed by atoms with van der Waals surface area (Å²) in [5.41, 5.74) is 0.191. The Labute approximate surface area is 124 Å². The van der Waals surface area contributed by atoms with E-state index in [4.69, 9.17) is 0 Å². The largest absolute Gasteiger partial charge is 0.339 e. The van der Waals surface area contributed by atoms with E-state index in [2.05, 4.69) is 0 Å². The van der Waals surface area contributed by atoms with Crippen LogP contribution in [-0.4, -0.2) is 62.5 Å². The Morgan fingerprint density at radius 1 is 1.00 bits per heavy atom. The summed E-state index contributed by atoms with van der Waals surface area (Å²) in [4.78, 5) is 27.1. The predicted octanol–water partition coefficient (Wildman–Crippen LogP) is 0.394. The van der Waals surface area contributed by atoms with Gasteiger partial charge in [-0.1, -0.05) is 12.1 Å². The van der Waals surface area contributed by atoms with Crippen molar-refractivity contribution in [3.05, 3.63) is 29.8 Å². The van der Waals surface area contributed by atoms with E-state index in [1.54, 1.807) is 21.9 Å². The highest BCUT2D eigenvalue weighted by Crippen LogP contribution is 2.18. The maximum atomic E-state index is 12.5. The quantitative estimate of drug-likeness (QED) is 0.792. The first-order valence-electron chi connectivity index (χ1n) is 6.64. The molecule has 7 heteroatoms. The zero-order valence-electron chi connectivity index (χ0n) is 12.1. The highest BCUT2D eigenvalue weighted by Gasteiger charge is 2.26. The zero-order valence-corrected chi connectivity index (χ0v) is 12.9. The average molecular weight is 310 g/mol. The van der Waals surface area contributed by atoms with Crippen LogP contribution in [-0.2, 0) is 14.6 Å². The van der Waals surface area contributed by atoms with E-state index >= 15 is 0 Å². The minimum atomic E-state index is -3.45. The molecule has 0 bridgehead atoms. The Kier molecular flexibility index (Phi) is 4.32. The van der Waals surface area contributed by atoms with Gasteiger partial charge in [0.05, 0.1) is 10.5 Å². The molecule has 0 aliphatic carbocycles. The maximum absolute atomic E-state index is 12.5. The molecule has 114 valence electrons. The van der Waals surface area contributed by atoms with Crippen molar-refractivity contribution < 1.29 is 18.0 Å². The standard InChI is InChI=1S/C14H18N2O4S/c1-11(17)15-7-9-16(10-8-15)14(18)12-5-3-4-6-13(12)21(2,19)20/h3-6H,7-10H2,1-2H3. The topological polar surface area (TPSA) is 74.8 Å². The molecule has 0 N–H and O–H groups in total. The zero-order chi connectivity index (χ0) is 15.6. The van der Waals surface area contributed by atoms with Gasteiger partial charge in [-0.3, -0.25) is 9.59 Å². The summed E-state index contributed by atoms with van der Waals surface area (Å²) in [6.07, 6.45) is 1.09. The Morgan fingerprint density at radius 3 is 2.05 bits per heavy atom. The van der Waals surface area contributed by atoms with Crippen LogP contribution in [0.5, 0.6) is 0 Å². The van der Waals surface area contributed by atoms with Crippen LogP contribution in [0, 0.1) is 0 Å². The molecule has 1 aliphatic heterocycles. The van der Waals surface area contributed by atoms with E-state index in [-0.39, 0.29) is 22.3 Å². The molecule has 1 saturated heterocycles. The fraction of sp³-hybridized carbons (Fsp3) is 0.429. The molecule has 1 fully saturated rings. The van der Waals surface area contributed by atoms with Crippen LogP contribution >= 0.6 is 0 Å². The summed E-state index contributed by atoms with van der Waals surface area (Å²) in [5, 5.41) is 0. The lowest BCUT2D eigenvalue weighted by molar-refractivity contribution is -0.130. The molecule has 2 rings (SSSR count). The van der Waals surface area contributed by atoms with Gasteiger partial charge in [0.25, 0.3) is 5.91 Å². The summed E-state index contributed by atoms with van der Waals surface area (Å²) >= 11 is 0. The summed E-state index contributed by atoms with van der Waals surface area (Å²) in [6.45, 7) is 3.27. The van der Waals surface area contributed by atoms with Crippen LogP contribution in [0.2, 0.25) is 0 Å². The molecule has 0 radical (unpaired) electrons. The van der Waals surface area contributed by atoms with Crippen molar-refractivity contribution in [3.8, 4) is 0 Å². The number of amides is 2. The van der Waals surface area contributed by atoms with Crippen molar-refractivity contribution in [1.82, 2.24) is 9.80 Å². The number of rotatable bonds is 2. The van der Waals surface area contributed by atoms with Crippen molar-refractivity contribution in [2.75, 3.05) is 32.4 Å². The van der Waals surface area contributed by atoms with Gasteiger partial charge in [0, 0.05) is 39.4 Å². The Balaban J connectivity index is 2.21. The maximum Gasteiger partial charge on any atom is 0.255 e. The van der Waals surface area contributed by atoms with Gasteiger partial charge in [-0.15, -0.1) is 0 Å². The van der Waals surface area contributed by atoms with Gasteiger partial charge in [-0.25, -0.2) is 8.42 Å². The minimum absolute atomic E-state index is 0.0152. The van der Waals surface area contributed by atoms with Gasteiger partial charge in [-0.05, 0) is 12.1 Å². The Hall–Kier alpha value is -1.89. The van der Waals surface area contributed by atoms with Crippen molar-refractivity contribution in [2.24, 2.45) is 0 Å². The predicted molar refractivity (Wildman–Crippen MR) is 77.7 cm³/mol. The Bertz CT molecular complexity index is 661. The van der Waals surface area contributed by atoms with Gasteiger partial charge in [0.2, 0.25) is 5.91 Å². The first-order chi connectivity index (χ1) is 9.80. The second-order valence-electron chi connectivity index (χ2n) is 5.07. The van der Waals surface area contributed by atoms with Crippen molar-refractivity contribution in [2.45, 2.75) is 11.8 Å². The van der Waals surface area contributed by atoms with E-state index in [1.165, 1.54) is 19.1 Å². The lowest BCUT2D eigenvalue weighted by Crippen LogP contribution is -2.50. The van der Waals surface area contributed by atoms with Crippen molar-refractivity contribution in [3.63, 3.8) is 0 Å². The van der Waals surface area contributed by atoms with Crippen LogP contribution in [0.15, 0.2) is 29.2 Å². The third kappa shape index (κ3) is 3.41. The van der Waals surface area contributed by atoms with E-state index in [0.717, 1.165) is 6.26 Å². The van der Waals surface area contributed by atoms with Gasteiger partial charge < -0.3 is 9.80 Å². The Morgan fingerprint density at radius 2 is 1.52 bits per heavy atom. The van der Waals surface area contributed by atoms with E-state index in [1.807, 2.05) is 0 Å². The molecule has 21 heavy (non-hydrogen) atoms. The third-order valence-electron chi connectivity index (χ3n) is 3.53.